The molecule has 1 aromatic carbocycles. The minimum Gasteiger partial charge on any atom is -0.478 e. The third kappa shape index (κ3) is 3.05. The van der Waals surface area contributed by atoms with Gasteiger partial charge < -0.3 is 15.5 Å². The van der Waals surface area contributed by atoms with E-state index in [0.717, 1.165) is 18.2 Å². The fraction of sp³-hybridized carbons (Fsp3) is 0.333. The van der Waals surface area contributed by atoms with Gasteiger partial charge in [0.25, 0.3) is 0 Å². The van der Waals surface area contributed by atoms with Crippen molar-refractivity contribution in [3.8, 4) is 0 Å². The lowest BCUT2D eigenvalue weighted by atomic mass is 10.1. The summed E-state index contributed by atoms with van der Waals surface area (Å²) in [7, 11) is 0. The van der Waals surface area contributed by atoms with Crippen LogP contribution in [0.25, 0.3) is 10.8 Å². The summed E-state index contributed by atoms with van der Waals surface area (Å²) in [5.41, 5.74) is 0.181. The maximum Gasteiger partial charge on any atom is 0.337 e. The lowest BCUT2D eigenvalue weighted by Gasteiger charge is -2.13. The molecule has 0 spiro atoms. The molecule has 2 aromatic rings. The van der Waals surface area contributed by atoms with Gasteiger partial charge in [-0.1, -0.05) is 37.6 Å². The molecule has 1 atom stereocenters. The van der Waals surface area contributed by atoms with Crippen LogP contribution in [0, 0.1) is 0 Å². The molecule has 0 saturated heterocycles. The van der Waals surface area contributed by atoms with Gasteiger partial charge in [-0.15, -0.1) is 0 Å². The van der Waals surface area contributed by atoms with Gasteiger partial charge >= 0.3 is 5.97 Å². The van der Waals surface area contributed by atoms with Gasteiger partial charge in [0.2, 0.25) is 0 Å². The summed E-state index contributed by atoms with van der Waals surface area (Å²) >= 11 is 0. The van der Waals surface area contributed by atoms with E-state index in [2.05, 4.69) is 10.3 Å². The van der Waals surface area contributed by atoms with Gasteiger partial charge in [0.05, 0.1) is 11.7 Å². The molecule has 0 aliphatic rings. The monoisotopic (exact) mass is 274 g/mol. The van der Waals surface area contributed by atoms with E-state index in [4.69, 9.17) is 5.11 Å². The Labute approximate surface area is 117 Å². The SMILES string of the molecule is CCCC(O)CNc1ncc(C(=O)O)c2ccccc12. The van der Waals surface area contributed by atoms with Crippen molar-refractivity contribution >= 4 is 22.6 Å². The zero-order valence-corrected chi connectivity index (χ0v) is 11.3. The van der Waals surface area contributed by atoms with Crippen LogP contribution in [0.3, 0.4) is 0 Å². The normalized spacial score (nSPS) is 12.3. The van der Waals surface area contributed by atoms with Crippen LogP contribution in [0.5, 0.6) is 0 Å². The van der Waals surface area contributed by atoms with Crippen molar-refractivity contribution < 1.29 is 15.0 Å². The smallest absolute Gasteiger partial charge is 0.337 e. The van der Waals surface area contributed by atoms with Crippen LogP contribution >= 0.6 is 0 Å². The number of rotatable bonds is 6. The predicted molar refractivity (Wildman–Crippen MR) is 78.1 cm³/mol. The van der Waals surface area contributed by atoms with Gasteiger partial charge in [0.1, 0.15) is 5.82 Å². The summed E-state index contributed by atoms with van der Waals surface area (Å²) < 4.78 is 0. The topological polar surface area (TPSA) is 82.5 Å². The quantitative estimate of drug-likeness (QED) is 0.754. The van der Waals surface area contributed by atoms with Crippen molar-refractivity contribution in [1.82, 2.24) is 4.98 Å². The van der Waals surface area contributed by atoms with Gasteiger partial charge in [-0.25, -0.2) is 9.78 Å². The number of benzene rings is 1. The van der Waals surface area contributed by atoms with Crippen molar-refractivity contribution in [2.45, 2.75) is 25.9 Å². The highest BCUT2D eigenvalue weighted by Crippen LogP contribution is 2.24. The summed E-state index contributed by atoms with van der Waals surface area (Å²) in [6.45, 7) is 2.41. The maximum absolute atomic E-state index is 11.2. The first-order valence-corrected chi connectivity index (χ1v) is 6.66. The highest BCUT2D eigenvalue weighted by Gasteiger charge is 2.12. The fourth-order valence-corrected chi connectivity index (χ4v) is 2.15. The van der Waals surface area contributed by atoms with Crippen LogP contribution in [0.1, 0.15) is 30.1 Å². The fourth-order valence-electron chi connectivity index (χ4n) is 2.15. The van der Waals surface area contributed by atoms with E-state index >= 15 is 0 Å². The summed E-state index contributed by atoms with van der Waals surface area (Å²) in [4.78, 5) is 15.3. The molecule has 5 heteroatoms. The largest absolute Gasteiger partial charge is 0.478 e. The third-order valence-electron chi connectivity index (χ3n) is 3.15. The van der Waals surface area contributed by atoms with Gasteiger partial charge in [0.15, 0.2) is 0 Å². The van der Waals surface area contributed by atoms with Crippen LogP contribution < -0.4 is 5.32 Å². The molecule has 5 nitrogen and oxygen atoms in total. The van der Waals surface area contributed by atoms with E-state index in [1.165, 1.54) is 6.20 Å². The zero-order valence-electron chi connectivity index (χ0n) is 11.3. The minimum atomic E-state index is -0.994. The van der Waals surface area contributed by atoms with Crippen LogP contribution in [0.4, 0.5) is 5.82 Å². The van der Waals surface area contributed by atoms with E-state index in [0.29, 0.717) is 17.7 Å². The lowest BCUT2D eigenvalue weighted by molar-refractivity contribution is 0.0698. The van der Waals surface area contributed by atoms with E-state index in [-0.39, 0.29) is 5.56 Å². The molecular weight excluding hydrogens is 256 g/mol. The molecule has 0 fully saturated rings. The van der Waals surface area contributed by atoms with Crippen molar-refractivity contribution in [1.29, 1.82) is 0 Å². The van der Waals surface area contributed by atoms with Crippen molar-refractivity contribution in [2.24, 2.45) is 0 Å². The number of carboxylic acid groups (broad SMARTS) is 1. The number of aliphatic hydroxyl groups is 1. The standard InChI is InChI=1S/C15H18N2O3/c1-2-5-10(18)8-16-14-12-7-4-3-6-11(12)13(9-17-14)15(19)20/h3-4,6-7,9-10,18H,2,5,8H2,1H3,(H,16,17)(H,19,20). The molecule has 1 heterocycles. The van der Waals surface area contributed by atoms with Crippen molar-refractivity contribution in [3.05, 3.63) is 36.0 Å². The number of fused-ring (bicyclic) bond motifs is 1. The highest BCUT2D eigenvalue weighted by molar-refractivity contribution is 6.06. The molecule has 0 aliphatic heterocycles. The maximum atomic E-state index is 11.2. The molecule has 106 valence electrons. The van der Waals surface area contributed by atoms with Crippen molar-refractivity contribution in [3.63, 3.8) is 0 Å². The first-order valence-electron chi connectivity index (χ1n) is 6.66. The van der Waals surface area contributed by atoms with Crippen LogP contribution in [0.2, 0.25) is 0 Å². The van der Waals surface area contributed by atoms with E-state index < -0.39 is 12.1 Å². The number of carboxylic acids is 1. The molecule has 1 unspecified atom stereocenters. The highest BCUT2D eigenvalue weighted by atomic mass is 16.4. The molecular formula is C15H18N2O3. The number of hydrogen-bond donors (Lipinski definition) is 3. The Hall–Kier alpha value is -2.14. The Kier molecular flexibility index (Phi) is 4.53. The van der Waals surface area contributed by atoms with E-state index in [1.54, 1.807) is 12.1 Å². The first kappa shape index (κ1) is 14.3. The molecule has 3 N–H and O–H groups in total. The number of aromatic carboxylic acids is 1. The number of nitrogens with one attached hydrogen (secondary N) is 1. The Morgan fingerprint density at radius 2 is 2.05 bits per heavy atom. The Bertz CT molecular complexity index is 613. The Morgan fingerprint density at radius 1 is 1.35 bits per heavy atom. The number of hydrogen-bond acceptors (Lipinski definition) is 4. The van der Waals surface area contributed by atoms with Crippen LogP contribution in [-0.4, -0.2) is 33.8 Å². The van der Waals surface area contributed by atoms with Crippen LogP contribution in [0.15, 0.2) is 30.5 Å². The summed E-state index contributed by atoms with van der Waals surface area (Å²) in [5, 5.41) is 23.4. The van der Waals surface area contributed by atoms with Gasteiger partial charge in [-0.05, 0) is 6.42 Å². The van der Waals surface area contributed by atoms with E-state index in [1.807, 2.05) is 19.1 Å². The van der Waals surface area contributed by atoms with Crippen molar-refractivity contribution in [2.75, 3.05) is 11.9 Å². The second kappa shape index (κ2) is 6.34. The number of nitrogens with zero attached hydrogens (tertiary/aromatic N) is 1. The number of pyridine rings is 1. The Morgan fingerprint density at radius 3 is 2.70 bits per heavy atom. The lowest BCUT2D eigenvalue weighted by Crippen LogP contribution is -2.19. The van der Waals surface area contributed by atoms with E-state index in [9.17, 15) is 9.90 Å². The molecule has 0 bridgehead atoms. The number of carbonyl (C=O) groups is 1. The average Bonchev–Trinajstić information content (AvgIpc) is 2.44. The first-order chi connectivity index (χ1) is 9.63. The second-order valence-corrected chi connectivity index (χ2v) is 4.69. The van der Waals surface area contributed by atoms with Gasteiger partial charge in [-0.2, -0.15) is 0 Å². The molecule has 0 radical (unpaired) electrons. The van der Waals surface area contributed by atoms with Crippen LogP contribution in [-0.2, 0) is 0 Å². The summed E-state index contributed by atoms with van der Waals surface area (Å²) in [6.07, 6.45) is 2.55. The third-order valence-corrected chi connectivity index (χ3v) is 3.15. The number of aliphatic hydroxyl groups excluding tert-OH is 1. The van der Waals surface area contributed by atoms with Gasteiger partial charge in [-0.3, -0.25) is 0 Å². The molecule has 0 amide bonds. The predicted octanol–water partition coefficient (Wildman–Crippen LogP) is 2.51. The molecule has 0 aliphatic carbocycles. The summed E-state index contributed by atoms with van der Waals surface area (Å²) in [5.74, 6) is -0.396. The molecule has 20 heavy (non-hydrogen) atoms. The Balaban J connectivity index is 2.31. The number of aromatic nitrogens is 1. The second-order valence-electron chi connectivity index (χ2n) is 4.69. The summed E-state index contributed by atoms with van der Waals surface area (Å²) in [6, 6.07) is 7.21. The molecule has 0 saturated carbocycles. The number of anilines is 1. The average molecular weight is 274 g/mol. The zero-order chi connectivity index (χ0) is 14.5. The molecule has 1 aromatic heterocycles. The molecule has 2 rings (SSSR count). The van der Waals surface area contributed by atoms with Gasteiger partial charge in [0, 0.05) is 23.5 Å². The minimum absolute atomic E-state index is 0.181.